The Morgan fingerprint density at radius 1 is 1.50 bits per heavy atom. The van der Waals surface area contributed by atoms with Gasteiger partial charge in [0.15, 0.2) is 0 Å². The summed E-state index contributed by atoms with van der Waals surface area (Å²) in [6.07, 6.45) is 3.62. The lowest BCUT2D eigenvalue weighted by Crippen LogP contribution is -2.15. The largest absolute Gasteiger partial charge is 0.325 e. The summed E-state index contributed by atoms with van der Waals surface area (Å²) in [7, 11) is 0. The van der Waals surface area contributed by atoms with E-state index in [1.165, 1.54) is 0 Å². The maximum absolute atomic E-state index is 11.7. The highest BCUT2D eigenvalue weighted by Crippen LogP contribution is 2.25. The third-order valence-electron chi connectivity index (χ3n) is 2.25. The second-order valence-electron chi connectivity index (χ2n) is 3.59. The summed E-state index contributed by atoms with van der Waals surface area (Å²) in [6.45, 7) is 0.497. The molecule has 18 heavy (non-hydrogen) atoms. The molecule has 0 saturated carbocycles. The van der Waals surface area contributed by atoms with Crippen LogP contribution in [0, 0.1) is 0 Å². The molecule has 0 fully saturated rings. The highest BCUT2D eigenvalue weighted by Gasteiger charge is 2.06. The highest BCUT2D eigenvalue weighted by atomic mass is 79.9. The van der Waals surface area contributed by atoms with Gasteiger partial charge in [0, 0.05) is 22.1 Å². The number of hydrogen-bond donors (Lipinski definition) is 1. The van der Waals surface area contributed by atoms with Crippen LogP contribution < -0.4 is 5.32 Å². The first-order valence-electron chi connectivity index (χ1n) is 5.24. The summed E-state index contributed by atoms with van der Waals surface area (Å²) in [4.78, 5) is 11.7. The summed E-state index contributed by atoms with van der Waals surface area (Å²) < 4.78 is 2.36. The molecule has 5 nitrogen and oxygen atoms in total. The summed E-state index contributed by atoms with van der Waals surface area (Å²) >= 11 is 9.16. The van der Waals surface area contributed by atoms with E-state index in [0.29, 0.717) is 23.7 Å². The molecule has 0 spiro atoms. The Morgan fingerprint density at radius 3 is 3.00 bits per heavy atom. The lowest BCUT2D eigenvalue weighted by atomic mass is 10.3. The number of aromatic nitrogens is 3. The van der Waals surface area contributed by atoms with Crippen molar-refractivity contribution < 1.29 is 4.79 Å². The van der Waals surface area contributed by atoms with E-state index in [0.717, 1.165) is 4.47 Å². The quantitative estimate of drug-likeness (QED) is 0.938. The predicted molar refractivity (Wildman–Crippen MR) is 72.4 cm³/mol. The van der Waals surface area contributed by atoms with E-state index >= 15 is 0 Å². The molecule has 2 rings (SSSR count). The van der Waals surface area contributed by atoms with Crippen molar-refractivity contribution >= 4 is 39.1 Å². The van der Waals surface area contributed by atoms with E-state index in [1.54, 1.807) is 35.3 Å². The molecule has 94 valence electrons. The van der Waals surface area contributed by atoms with E-state index in [2.05, 4.69) is 31.6 Å². The fourth-order valence-corrected chi connectivity index (χ4v) is 2.15. The van der Waals surface area contributed by atoms with Gasteiger partial charge in [-0.1, -0.05) is 16.8 Å². The van der Waals surface area contributed by atoms with Crippen LogP contribution in [0.25, 0.3) is 0 Å². The number of nitrogens with one attached hydrogen (secondary N) is 1. The Balaban J connectivity index is 1.91. The fraction of sp³-hybridized carbons (Fsp3) is 0.182. The monoisotopic (exact) mass is 328 g/mol. The summed E-state index contributed by atoms with van der Waals surface area (Å²) in [5, 5.41) is 10.9. The minimum atomic E-state index is -0.0893. The van der Waals surface area contributed by atoms with Gasteiger partial charge < -0.3 is 5.32 Å². The van der Waals surface area contributed by atoms with Crippen molar-refractivity contribution in [2.24, 2.45) is 0 Å². The van der Waals surface area contributed by atoms with Gasteiger partial charge in [0.2, 0.25) is 5.91 Å². The fourth-order valence-electron chi connectivity index (χ4n) is 1.37. The molecule has 1 aromatic heterocycles. The van der Waals surface area contributed by atoms with Crippen molar-refractivity contribution in [3.05, 3.63) is 40.1 Å². The molecule has 0 aliphatic carbocycles. The number of benzene rings is 1. The zero-order valence-corrected chi connectivity index (χ0v) is 11.6. The van der Waals surface area contributed by atoms with Crippen LogP contribution in [0.1, 0.15) is 6.42 Å². The first-order valence-corrected chi connectivity index (χ1v) is 6.41. The third-order valence-corrected chi connectivity index (χ3v) is 3.14. The number of aryl methyl sites for hydroxylation is 1. The minimum Gasteiger partial charge on any atom is -0.325 e. The number of amides is 1. The number of halogens is 2. The SMILES string of the molecule is O=C(CCn1ccnn1)Nc1ccc(Cl)cc1Br. The Kier molecular flexibility index (Phi) is 4.33. The van der Waals surface area contributed by atoms with Crippen LogP contribution in [0.4, 0.5) is 5.69 Å². The number of rotatable bonds is 4. The summed E-state index contributed by atoms with van der Waals surface area (Å²) in [5.41, 5.74) is 0.697. The molecule has 0 bridgehead atoms. The van der Waals surface area contributed by atoms with Crippen molar-refractivity contribution in [1.29, 1.82) is 0 Å². The topological polar surface area (TPSA) is 59.8 Å². The van der Waals surface area contributed by atoms with Gasteiger partial charge in [0.25, 0.3) is 0 Å². The van der Waals surface area contributed by atoms with Crippen molar-refractivity contribution in [3.63, 3.8) is 0 Å². The maximum Gasteiger partial charge on any atom is 0.226 e. The average Bonchev–Trinajstić information content (AvgIpc) is 2.83. The lowest BCUT2D eigenvalue weighted by molar-refractivity contribution is -0.116. The molecule has 0 aliphatic rings. The number of nitrogens with zero attached hydrogens (tertiary/aromatic N) is 3. The number of anilines is 1. The number of hydrogen-bond acceptors (Lipinski definition) is 3. The van der Waals surface area contributed by atoms with Gasteiger partial charge >= 0.3 is 0 Å². The lowest BCUT2D eigenvalue weighted by Gasteiger charge is -2.07. The number of carbonyl (C=O) groups is 1. The third kappa shape index (κ3) is 3.54. The molecule has 1 amide bonds. The van der Waals surface area contributed by atoms with E-state index in [4.69, 9.17) is 11.6 Å². The van der Waals surface area contributed by atoms with Crippen LogP contribution in [0.15, 0.2) is 35.1 Å². The second-order valence-corrected chi connectivity index (χ2v) is 4.88. The molecule has 2 aromatic rings. The van der Waals surface area contributed by atoms with E-state index < -0.39 is 0 Å². The van der Waals surface area contributed by atoms with Gasteiger partial charge in [-0.25, -0.2) is 0 Å². The van der Waals surface area contributed by atoms with Crippen LogP contribution >= 0.6 is 27.5 Å². The van der Waals surface area contributed by atoms with Crippen LogP contribution in [-0.4, -0.2) is 20.9 Å². The van der Waals surface area contributed by atoms with Crippen molar-refractivity contribution in [3.8, 4) is 0 Å². The van der Waals surface area contributed by atoms with Crippen LogP contribution in [0.2, 0.25) is 5.02 Å². The van der Waals surface area contributed by atoms with Crippen LogP contribution in [0.3, 0.4) is 0 Å². The standard InChI is InChI=1S/C11H10BrClN4O/c12-9-7-8(13)1-2-10(9)15-11(18)3-5-17-6-4-14-16-17/h1-2,4,6-7H,3,5H2,(H,15,18). The molecule has 0 radical (unpaired) electrons. The maximum atomic E-state index is 11.7. The van der Waals surface area contributed by atoms with Crippen molar-refractivity contribution in [2.45, 2.75) is 13.0 Å². The molecular formula is C11H10BrClN4O. The second kappa shape index (κ2) is 5.97. The highest BCUT2D eigenvalue weighted by molar-refractivity contribution is 9.10. The normalized spacial score (nSPS) is 10.3. The smallest absolute Gasteiger partial charge is 0.226 e. The van der Waals surface area contributed by atoms with Gasteiger partial charge in [-0.3, -0.25) is 9.48 Å². The van der Waals surface area contributed by atoms with Crippen molar-refractivity contribution in [2.75, 3.05) is 5.32 Å². The predicted octanol–water partition coefficient (Wildman–Crippen LogP) is 2.72. The van der Waals surface area contributed by atoms with Gasteiger partial charge in [-0.2, -0.15) is 0 Å². The molecule has 0 saturated heterocycles. The average molecular weight is 330 g/mol. The van der Waals surface area contributed by atoms with Crippen LogP contribution in [-0.2, 0) is 11.3 Å². The Labute approximate surface area is 117 Å². The minimum absolute atomic E-state index is 0.0893. The first kappa shape index (κ1) is 13.0. The van der Waals surface area contributed by atoms with Gasteiger partial charge in [0.1, 0.15) is 0 Å². The van der Waals surface area contributed by atoms with E-state index in [1.807, 2.05) is 0 Å². The van der Waals surface area contributed by atoms with E-state index in [9.17, 15) is 4.79 Å². The van der Waals surface area contributed by atoms with Gasteiger partial charge in [-0.05, 0) is 34.1 Å². The Hall–Kier alpha value is -1.40. The molecule has 1 N–H and O–H groups in total. The summed E-state index contributed by atoms with van der Waals surface area (Å²) in [5.74, 6) is -0.0893. The van der Waals surface area contributed by atoms with Gasteiger partial charge in [-0.15, -0.1) is 5.10 Å². The molecule has 0 atom stereocenters. The van der Waals surface area contributed by atoms with Gasteiger partial charge in [0.05, 0.1) is 18.4 Å². The molecule has 7 heteroatoms. The molecule has 0 unspecified atom stereocenters. The molecule has 1 aromatic carbocycles. The number of carbonyl (C=O) groups excluding carboxylic acids is 1. The zero-order valence-electron chi connectivity index (χ0n) is 9.31. The Morgan fingerprint density at radius 2 is 2.33 bits per heavy atom. The van der Waals surface area contributed by atoms with Crippen molar-refractivity contribution in [1.82, 2.24) is 15.0 Å². The summed E-state index contributed by atoms with van der Waals surface area (Å²) in [6, 6.07) is 5.20. The molecular weight excluding hydrogens is 320 g/mol. The first-order chi connectivity index (χ1) is 8.65. The molecule has 0 aliphatic heterocycles. The molecule has 1 heterocycles. The Bertz CT molecular complexity index is 544. The van der Waals surface area contributed by atoms with E-state index in [-0.39, 0.29) is 5.91 Å². The van der Waals surface area contributed by atoms with Crippen LogP contribution in [0.5, 0.6) is 0 Å². The zero-order chi connectivity index (χ0) is 13.0.